The molecule has 0 aliphatic carbocycles. The highest BCUT2D eigenvalue weighted by Crippen LogP contribution is 2.13. The third-order valence-electron chi connectivity index (χ3n) is 3.08. The van der Waals surface area contributed by atoms with Crippen LogP contribution in [-0.2, 0) is 0 Å². The van der Waals surface area contributed by atoms with Crippen LogP contribution in [0.5, 0.6) is 0 Å². The molecule has 0 amide bonds. The van der Waals surface area contributed by atoms with Crippen molar-refractivity contribution in [2.24, 2.45) is 0 Å². The quantitative estimate of drug-likeness (QED) is 0.659. The Labute approximate surface area is 104 Å². The summed E-state index contributed by atoms with van der Waals surface area (Å²) in [6, 6.07) is 7.06. The summed E-state index contributed by atoms with van der Waals surface area (Å²) < 4.78 is 13.0. The molecule has 0 bridgehead atoms. The zero-order valence-corrected chi connectivity index (χ0v) is 11.0. The maximum atomic E-state index is 13.0. The molecular formula is C15H24FN. The van der Waals surface area contributed by atoms with Gasteiger partial charge in [-0.3, -0.25) is 0 Å². The molecule has 0 heterocycles. The lowest BCUT2D eigenvalue weighted by atomic mass is 10.1. The van der Waals surface area contributed by atoms with Crippen molar-refractivity contribution < 1.29 is 4.39 Å². The van der Waals surface area contributed by atoms with E-state index in [9.17, 15) is 4.39 Å². The monoisotopic (exact) mass is 237 g/mol. The van der Waals surface area contributed by atoms with E-state index in [0.717, 1.165) is 12.1 Å². The minimum absolute atomic E-state index is 0.154. The van der Waals surface area contributed by atoms with Crippen molar-refractivity contribution in [3.05, 3.63) is 35.6 Å². The first kappa shape index (κ1) is 14.2. The molecule has 17 heavy (non-hydrogen) atoms. The second kappa shape index (κ2) is 8.24. The molecule has 0 aliphatic heterocycles. The predicted octanol–water partition coefficient (Wildman–Crippen LogP) is 4.45. The number of hydrogen-bond donors (Lipinski definition) is 1. The van der Waals surface area contributed by atoms with E-state index in [1.54, 1.807) is 12.1 Å². The maximum absolute atomic E-state index is 13.0. The van der Waals surface area contributed by atoms with Gasteiger partial charge in [0, 0.05) is 6.04 Å². The fraction of sp³-hybridized carbons (Fsp3) is 0.600. The van der Waals surface area contributed by atoms with E-state index in [2.05, 4.69) is 19.2 Å². The van der Waals surface area contributed by atoms with Gasteiger partial charge in [0.1, 0.15) is 5.82 Å². The standard InChI is InChI=1S/C15H24FN/c1-3-4-5-6-7-11-17-13(2)14-9-8-10-15(16)12-14/h8-10,12-13,17H,3-7,11H2,1-2H3/t13-/m0/s1. The molecule has 1 nitrogen and oxygen atoms in total. The zero-order valence-electron chi connectivity index (χ0n) is 11.0. The van der Waals surface area contributed by atoms with Gasteiger partial charge in [-0.15, -0.1) is 0 Å². The number of unbranched alkanes of at least 4 members (excludes halogenated alkanes) is 4. The normalized spacial score (nSPS) is 12.6. The van der Waals surface area contributed by atoms with Crippen LogP contribution in [0.15, 0.2) is 24.3 Å². The van der Waals surface area contributed by atoms with Crippen LogP contribution < -0.4 is 5.32 Å². The second-order valence-electron chi connectivity index (χ2n) is 4.65. The summed E-state index contributed by atoms with van der Waals surface area (Å²) >= 11 is 0. The van der Waals surface area contributed by atoms with Gasteiger partial charge in [-0.1, -0.05) is 44.7 Å². The van der Waals surface area contributed by atoms with E-state index in [-0.39, 0.29) is 11.9 Å². The molecule has 1 N–H and O–H groups in total. The van der Waals surface area contributed by atoms with Crippen molar-refractivity contribution in [1.29, 1.82) is 0 Å². The van der Waals surface area contributed by atoms with Gasteiger partial charge in [0.15, 0.2) is 0 Å². The Morgan fingerprint density at radius 1 is 1.18 bits per heavy atom. The van der Waals surface area contributed by atoms with Gasteiger partial charge in [0.25, 0.3) is 0 Å². The summed E-state index contributed by atoms with van der Waals surface area (Å²) in [6.45, 7) is 5.33. The number of benzene rings is 1. The predicted molar refractivity (Wildman–Crippen MR) is 71.6 cm³/mol. The first-order valence-electron chi connectivity index (χ1n) is 6.73. The molecule has 0 aliphatic rings. The fourth-order valence-corrected chi connectivity index (χ4v) is 1.94. The zero-order chi connectivity index (χ0) is 12.5. The minimum Gasteiger partial charge on any atom is -0.310 e. The molecule has 96 valence electrons. The Kier molecular flexibility index (Phi) is 6.87. The lowest BCUT2D eigenvalue weighted by Gasteiger charge is -2.14. The van der Waals surface area contributed by atoms with Crippen LogP contribution in [0, 0.1) is 5.82 Å². The second-order valence-corrected chi connectivity index (χ2v) is 4.65. The molecule has 1 rings (SSSR count). The molecule has 0 unspecified atom stereocenters. The topological polar surface area (TPSA) is 12.0 Å². The molecule has 1 aromatic rings. The van der Waals surface area contributed by atoms with E-state index in [1.165, 1.54) is 38.2 Å². The lowest BCUT2D eigenvalue weighted by Crippen LogP contribution is -2.19. The first-order chi connectivity index (χ1) is 8.24. The third kappa shape index (κ3) is 5.83. The smallest absolute Gasteiger partial charge is 0.123 e. The average molecular weight is 237 g/mol. The fourth-order valence-electron chi connectivity index (χ4n) is 1.94. The highest BCUT2D eigenvalue weighted by atomic mass is 19.1. The summed E-state index contributed by atoms with van der Waals surface area (Å²) in [5, 5.41) is 3.44. The van der Waals surface area contributed by atoms with Crippen LogP contribution in [-0.4, -0.2) is 6.54 Å². The van der Waals surface area contributed by atoms with Crippen LogP contribution in [0.2, 0.25) is 0 Å². The Bertz CT molecular complexity index is 312. The van der Waals surface area contributed by atoms with Crippen molar-refractivity contribution in [1.82, 2.24) is 5.32 Å². The van der Waals surface area contributed by atoms with Crippen LogP contribution >= 0.6 is 0 Å². The van der Waals surface area contributed by atoms with Crippen molar-refractivity contribution >= 4 is 0 Å². The SMILES string of the molecule is CCCCCCCN[C@@H](C)c1cccc(F)c1. The molecule has 0 saturated heterocycles. The van der Waals surface area contributed by atoms with Crippen LogP contribution in [0.1, 0.15) is 57.6 Å². The molecule has 1 aromatic carbocycles. The van der Waals surface area contributed by atoms with E-state index < -0.39 is 0 Å². The van der Waals surface area contributed by atoms with Gasteiger partial charge in [-0.25, -0.2) is 4.39 Å². The summed E-state index contributed by atoms with van der Waals surface area (Å²) in [5.41, 5.74) is 1.03. The number of halogens is 1. The maximum Gasteiger partial charge on any atom is 0.123 e. The molecule has 0 radical (unpaired) electrons. The summed E-state index contributed by atoms with van der Waals surface area (Å²) in [7, 11) is 0. The van der Waals surface area contributed by atoms with Gasteiger partial charge < -0.3 is 5.32 Å². The number of nitrogens with one attached hydrogen (secondary N) is 1. The van der Waals surface area contributed by atoms with E-state index in [4.69, 9.17) is 0 Å². The minimum atomic E-state index is -0.154. The summed E-state index contributed by atoms with van der Waals surface area (Å²) in [4.78, 5) is 0. The molecule has 0 saturated carbocycles. The Morgan fingerprint density at radius 3 is 2.65 bits per heavy atom. The highest BCUT2D eigenvalue weighted by Gasteiger charge is 2.04. The highest BCUT2D eigenvalue weighted by molar-refractivity contribution is 5.19. The average Bonchev–Trinajstić information content (AvgIpc) is 2.33. The van der Waals surface area contributed by atoms with Crippen molar-refractivity contribution in [3.63, 3.8) is 0 Å². The van der Waals surface area contributed by atoms with Gasteiger partial charge in [-0.05, 0) is 37.6 Å². The summed E-state index contributed by atoms with van der Waals surface area (Å²) in [5.74, 6) is -0.154. The van der Waals surface area contributed by atoms with E-state index in [0.29, 0.717) is 0 Å². The van der Waals surface area contributed by atoms with Crippen molar-refractivity contribution in [2.75, 3.05) is 6.54 Å². The largest absolute Gasteiger partial charge is 0.310 e. The number of rotatable bonds is 8. The van der Waals surface area contributed by atoms with E-state index in [1.807, 2.05) is 6.07 Å². The first-order valence-corrected chi connectivity index (χ1v) is 6.73. The molecule has 1 atom stereocenters. The van der Waals surface area contributed by atoms with Crippen LogP contribution in [0.3, 0.4) is 0 Å². The van der Waals surface area contributed by atoms with Gasteiger partial charge in [-0.2, -0.15) is 0 Å². The molecule has 0 fully saturated rings. The number of hydrogen-bond acceptors (Lipinski definition) is 1. The van der Waals surface area contributed by atoms with Crippen LogP contribution in [0.25, 0.3) is 0 Å². The Morgan fingerprint density at radius 2 is 1.94 bits per heavy atom. The Balaban J connectivity index is 2.19. The molecule has 2 heteroatoms. The lowest BCUT2D eigenvalue weighted by molar-refractivity contribution is 0.528. The van der Waals surface area contributed by atoms with E-state index >= 15 is 0 Å². The molecule has 0 spiro atoms. The van der Waals surface area contributed by atoms with Gasteiger partial charge in [0.2, 0.25) is 0 Å². The Hall–Kier alpha value is -0.890. The van der Waals surface area contributed by atoms with Crippen molar-refractivity contribution in [3.8, 4) is 0 Å². The molecular weight excluding hydrogens is 213 g/mol. The third-order valence-corrected chi connectivity index (χ3v) is 3.08. The summed E-state index contributed by atoms with van der Waals surface area (Å²) in [6.07, 6.45) is 6.44. The van der Waals surface area contributed by atoms with Crippen molar-refractivity contribution in [2.45, 2.75) is 52.0 Å². The van der Waals surface area contributed by atoms with Crippen LogP contribution in [0.4, 0.5) is 4.39 Å². The van der Waals surface area contributed by atoms with Gasteiger partial charge in [0.05, 0.1) is 0 Å². The van der Waals surface area contributed by atoms with Gasteiger partial charge >= 0.3 is 0 Å². The molecule has 0 aromatic heterocycles.